The molecule has 0 aromatic heterocycles. The second-order valence-electron chi connectivity index (χ2n) is 5.11. The molecule has 0 atom stereocenters. The highest BCUT2D eigenvalue weighted by Crippen LogP contribution is 2.16. The van der Waals surface area contributed by atoms with E-state index in [4.69, 9.17) is 37.7 Å². The minimum absolute atomic E-state index is 0.0892. The highest BCUT2D eigenvalue weighted by molar-refractivity contribution is 6.30. The second-order valence-corrected chi connectivity index (χ2v) is 5.54. The maximum Gasteiger partial charge on any atom is 0.490 e. The summed E-state index contributed by atoms with van der Waals surface area (Å²) in [5.74, 6) is -1.88. The lowest BCUT2D eigenvalue weighted by Gasteiger charge is -2.07. The molecule has 0 aliphatic heterocycles. The van der Waals surface area contributed by atoms with Crippen LogP contribution in [-0.2, 0) is 17.9 Å². The first-order chi connectivity index (χ1) is 12.6. The molecular weight excluding hydrogens is 387 g/mol. The van der Waals surface area contributed by atoms with E-state index < -0.39 is 12.1 Å². The third kappa shape index (κ3) is 9.36. The Morgan fingerprint density at radius 2 is 1.70 bits per heavy atom. The Morgan fingerprint density at radius 3 is 2.19 bits per heavy atom. The van der Waals surface area contributed by atoms with Gasteiger partial charge in [-0.05, 0) is 35.4 Å². The summed E-state index contributed by atoms with van der Waals surface area (Å²) in [6, 6.07) is 15.2. The fourth-order valence-electron chi connectivity index (χ4n) is 1.67. The number of nitrogens with zero attached hydrogens (tertiary/aromatic N) is 1. The average molecular weight is 404 g/mol. The standard InChI is InChI=1S/C15H16ClN3O.C2HF3O2/c16-13-3-1-2-12(8-13)10-20-14-6-4-11(5-7-14)9-19-15(17)18;3-2(4,5)1(6)7/h1-8H,9-10H2,(H4,17,18,19);(H,6,7). The van der Waals surface area contributed by atoms with E-state index in [1.807, 2.05) is 48.5 Å². The van der Waals surface area contributed by atoms with E-state index in [1.54, 1.807) is 0 Å². The first-order valence-electron chi connectivity index (χ1n) is 7.39. The Morgan fingerprint density at radius 1 is 1.11 bits per heavy atom. The van der Waals surface area contributed by atoms with Crippen LogP contribution in [0.4, 0.5) is 13.2 Å². The summed E-state index contributed by atoms with van der Waals surface area (Å²) in [6.07, 6.45) is -5.08. The SMILES string of the molecule is NC(N)=NCc1ccc(OCc2cccc(Cl)c2)cc1.O=C(O)C(F)(F)F. The lowest BCUT2D eigenvalue weighted by molar-refractivity contribution is -0.192. The molecule has 0 saturated carbocycles. The number of carboxylic acids is 1. The molecule has 2 rings (SSSR count). The van der Waals surface area contributed by atoms with E-state index in [-0.39, 0.29) is 5.96 Å². The highest BCUT2D eigenvalue weighted by atomic mass is 35.5. The molecule has 0 aliphatic carbocycles. The average Bonchev–Trinajstić information content (AvgIpc) is 2.59. The van der Waals surface area contributed by atoms with Crippen molar-refractivity contribution in [2.45, 2.75) is 19.3 Å². The van der Waals surface area contributed by atoms with Crippen LogP contribution in [0.2, 0.25) is 5.02 Å². The molecule has 10 heteroatoms. The summed E-state index contributed by atoms with van der Waals surface area (Å²) in [6.45, 7) is 0.949. The molecule has 0 heterocycles. The maximum absolute atomic E-state index is 10.6. The number of benzene rings is 2. The number of hydrogen-bond acceptors (Lipinski definition) is 3. The molecule has 27 heavy (non-hydrogen) atoms. The summed E-state index contributed by atoms with van der Waals surface area (Å²) in [7, 11) is 0. The summed E-state index contributed by atoms with van der Waals surface area (Å²) >= 11 is 5.92. The number of guanidine groups is 1. The van der Waals surface area contributed by atoms with Gasteiger partial charge in [0, 0.05) is 5.02 Å². The van der Waals surface area contributed by atoms with Crippen molar-refractivity contribution in [3.8, 4) is 5.75 Å². The third-order valence-corrected chi connectivity index (χ3v) is 3.14. The molecule has 0 unspecified atom stereocenters. The molecule has 6 nitrogen and oxygen atoms in total. The Bertz CT molecular complexity index is 777. The summed E-state index contributed by atoms with van der Waals surface area (Å²) in [5.41, 5.74) is 12.6. The lowest BCUT2D eigenvalue weighted by atomic mass is 10.2. The van der Waals surface area contributed by atoms with Crippen molar-refractivity contribution in [2.24, 2.45) is 16.5 Å². The first kappa shape index (κ1) is 22.1. The second kappa shape index (κ2) is 10.3. The predicted molar refractivity (Wildman–Crippen MR) is 95.4 cm³/mol. The fourth-order valence-corrected chi connectivity index (χ4v) is 1.88. The number of alkyl halides is 3. The van der Waals surface area contributed by atoms with Crippen LogP contribution in [0.15, 0.2) is 53.5 Å². The van der Waals surface area contributed by atoms with Crippen LogP contribution in [0.1, 0.15) is 11.1 Å². The number of aliphatic imine (C=N–C) groups is 1. The van der Waals surface area contributed by atoms with Crippen LogP contribution in [0.25, 0.3) is 0 Å². The zero-order chi connectivity index (χ0) is 20.4. The predicted octanol–water partition coefficient (Wildman–Crippen LogP) is 3.33. The van der Waals surface area contributed by atoms with E-state index in [2.05, 4.69) is 4.99 Å². The molecule has 0 radical (unpaired) electrons. The van der Waals surface area contributed by atoms with Gasteiger partial charge in [-0.3, -0.25) is 0 Å². The number of ether oxygens (including phenoxy) is 1. The largest absolute Gasteiger partial charge is 0.490 e. The van der Waals surface area contributed by atoms with Crippen LogP contribution in [-0.4, -0.2) is 23.2 Å². The van der Waals surface area contributed by atoms with Crippen molar-refractivity contribution in [1.29, 1.82) is 0 Å². The minimum Gasteiger partial charge on any atom is -0.489 e. The zero-order valence-electron chi connectivity index (χ0n) is 13.9. The van der Waals surface area contributed by atoms with E-state index in [9.17, 15) is 13.2 Å². The van der Waals surface area contributed by atoms with Crippen molar-refractivity contribution in [1.82, 2.24) is 0 Å². The number of hydrogen-bond donors (Lipinski definition) is 3. The van der Waals surface area contributed by atoms with Gasteiger partial charge in [0.05, 0.1) is 6.54 Å². The normalized spacial score (nSPS) is 10.4. The molecule has 0 fully saturated rings. The molecule has 0 aliphatic rings. The van der Waals surface area contributed by atoms with Gasteiger partial charge in [-0.2, -0.15) is 13.2 Å². The maximum atomic E-state index is 10.6. The van der Waals surface area contributed by atoms with Crippen LogP contribution >= 0.6 is 11.6 Å². The van der Waals surface area contributed by atoms with Gasteiger partial charge in [0.2, 0.25) is 0 Å². The Kier molecular flexibility index (Phi) is 8.40. The number of carbonyl (C=O) groups is 1. The molecule has 2 aromatic carbocycles. The topological polar surface area (TPSA) is 111 Å². The molecule has 0 saturated heterocycles. The molecule has 0 amide bonds. The van der Waals surface area contributed by atoms with Gasteiger partial charge in [0.25, 0.3) is 0 Å². The first-order valence-corrected chi connectivity index (χ1v) is 7.77. The van der Waals surface area contributed by atoms with Crippen molar-refractivity contribution >= 4 is 23.5 Å². The number of aliphatic carboxylic acids is 1. The third-order valence-electron chi connectivity index (χ3n) is 2.90. The number of rotatable bonds is 5. The van der Waals surface area contributed by atoms with Gasteiger partial charge in [-0.1, -0.05) is 35.9 Å². The molecule has 0 spiro atoms. The van der Waals surface area contributed by atoms with Crippen LogP contribution in [0.5, 0.6) is 5.75 Å². The Hall–Kier alpha value is -2.94. The van der Waals surface area contributed by atoms with Crippen molar-refractivity contribution in [3.63, 3.8) is 0 Å². The van der Waals surface area contributed by atoms with Gasteiger partial charge in [-0.15, -0.1) is 0 Å². The lowest BCUT2D eigenvalue weighted by Crippen LogP contribution is -2.22. The van der Waals surface area contributed by atoms with Crippen LogP contribution in [0.3, 0.4) is 0 Å². The number of halogens is 4. The fraction of sp³-hybridized carbons (Fsp3) is 0.176. The van der Waals surface area contributed by atoms with Crippen LogP contribution in [0, 0.1) is 0 Å². The Labute approximate surface area is 158 Å². The molecule has 2 aromatic rings. The van der Waals surface area contributed by atoms with E-state index >= 15 is 0 Å². The van der Waals surface area contributed by atoms with Crippen molar-refractivity contribution in [3.05, 3.63) is 64.7 Å². The summed E-state index contributed by atoms with van der Waals surface area (Å²) in [4.78, 5) is 12.8. The summed E-state index contributed by atoms with van der Waals surface area (Å²) < 4.78 is 37.4. The van der Waals surface area contributed by atoms with Gasteiger partial charge in [0.1, 0.15) is 12.4 Å². The molecule has 0 bridgehead atoms. The van der Waals surface area contributed by atoms with Gasteiger partial charge < -0.3 is 21.3 Å². The quantitative estimate of drug-likeness (QED) is 0.524. The number of nitrogens with two attached hydrogens (primary N) is 2. The Balaban J connectivity index is 0.000000445. The van der Waals surface area contributed by atoms with E-state index in [0.29, 0.717) is 18.2 Å². The van der Waals surface area contributed by atoms with E-state index in [0.717, 1.165) is 16.9 Å². The van der Waals surface area contributed by atoms with Crippen molar-refractivity contribution < 1.29 is 27.8 Å². The van der Waals surface area contributed by atoms with Gasteiger partial charge in [0.15, 0.2) is 5.96 Å². The smallest absolute Gasteiger partial charge is 0.489 e. The molecule has 146 valence electrons. The number of carboxylic acid groups (broad SMARTS) is 1. The zero-order valence-corrected chi connectivity index (χ0v) is 14.7. The minimum atomic E-state index is -5.08. The van der Waals surface area contributed by atoms with Gasteiger partial charge >= 0.3 is 12.1 Å². The van der Waals surface area contributed by atoms with Gasteiger partial charge in [-0.25, -0.2) is 9.79 Å². The highest BCUT2D eigenvalue weighted by Gasteiger charge is 2.38. The summed E-state index contributed by atoms with van der Waals surface area (Å²) in [5, 5.41) is 7.83. The molecular formula is C17H17ClF3N3O3. The van der Waals surface area contributed by atoms with Crippen LogP contribution < -0.4 is 16.2 Å². The molecule has 5 N–H and O–H groups in total. The van der Waals surface area contributed by atoms with E-state index in [1.165, 1.54) is 0 Å². The van der Waals surface area contributed by atoms with Crippen molar-refractivity contribution in [2.75, 3.05) is 0 Å². The monoisotopic (exact) mass is 403 g/mol.